The van der Waals surface area contributed by atoms with Crippen LogP contribution in [0.3, 0.4) is 0 Å². The minimum absolute atomic E-state index is 0. The number of hydrogen-bond acceptors (Lipinski definition) is 0. The van der Waals surface area contributed by atoms with Gasteiger partial charge >= 0.3 is 0 Å². The first kappa shape index (κ1) is 23.7. The molecule has 0 heterocycles. The minimum Gasteiger partial charge on any atom is -0.346 e. The maximum absolute atomic E-state index is 3.72. The van der Waals surface area contributed by atoms with Gasteiger partial charge < -0.3 is 13.8 Å². The Balaban J connectivity index is -0.0000000512. The van der Waals surface area contributed by atoms with Crippen molar-refractivity contribution >= 4 is 8.80 Å². The molecule has 0 saturated carbocycles. The zero-order chi connectivity index (χ0) is 10.4. The second-order valence-corrected chi connectivity index (χ2v) is 6.06. The molecule has 0 aromatic carbocycles. The normalized spacial score (nSPS) is 7.38. The summed E-state index contributed by atoms with van der Waals surface area (Å²) in [6.45, 7) is 17.7. The van der Waals surface area contributed by atoms with Crippen molar-refractivity contribution < 1.29 is 25.8 Å². The van der Waals surface area contributed by atoms with Crippen LogP contribution in [0.25, 0.3) is 0 Å². The van der Waals surface area contributed by atoms with Crippen molar-refractivity contribution in [3.8, 4) is 0 Å². The van der Waals surface area contributed by atoms with Crippen LogP contribution in [0.1, 0.15) is 39.5 Å². The van der Waals surface area contributed by atoms with Crippen LogP contribution in [0.4, 0.5) is 0 Å². The van der Waals surface area contributed by atoms with E-state index in [0.29, 0.717) is 0 Å². The molecule has 0 unspecified atom stereocenters. The molecular weight excluding hydrogens is 205 g/mol. The molecule has 0 aromatic rings. The van der Waals surface area contributed by atoms with E-state index in [1.807, 2.05) is 0 Å². The van der Waals surface area contributed by atoms with Gasteiger partial charge in [-0.1, -0.05) is 45.8 Å². The summed E-state index contributed by atoms with van der Waals surface area (Å²) < 4.78 is 0. The molecule has 0 nitrogen and oxygen atoms in total. The molecule has 0 aliphatic carbocycles. The van der Waals surface area contributed by atoms with Gasteiger partial charge in [0.1, 0.15) is 0 Å². The van der Waals surface area contributed by atoms with Crippen LogP contribution in [-0.4, -0.2) is 8.80 Å². The third-order valence-electron chi connectivity index (χ3n) is 0.854. The summed E-state index contributed by atoms with van der Waals surface area (Å²) in [6, 6.07) is 0. The Kier molecular flexibility index (Phi) is 53.3. The fraction of sp³-hybridized carbons (Fsp3) is 0.818. The van der Waals surface area contributed by atoms with Gasteiger partial charge in [0.15, 0.2) is 0 Å². The average Bonchev–Trinajstić information content (AvgIpc) is 2.04. The summed E-state index contributed by atoms with van der Waals surface area (Å²) in [4.78, 5) is 0. The van der Waals surface area contributed by atoms with Crippen LogP contribution in [-0.2, 0) is 25.8 Å². The van der Waals surface area contributed by atoms with Gasteiger partial charge in [-0.05, 0) is 0 Å². The molecule has 0 amide bonds. The molecule has 0 aliphatic rings. The fourth-order valence-electron chi connectivity index (χ4n) is 0.427. The van der Waals surface area contributed by atoms with Crippen LogP contribution in [0.15, 0.2) is 0 Å². The summed E-state index contributed by atoms with van der Waals surface area (Å²) in [7, 11) is 0.120. The predicted molar refractivity (Wildman–Crippen MR) is 63.9 cm³/mol. The molecule has 0 spiro atoms. The molecule has 0 atom stereocenters. The largest absolute Gasteiger partial charge is 0.346 e. The zero-order valence-electron chi connectivity index (χ0n) is 10.3. The second kappa shape index (κ2) is 29.2. The molecule has 2 radical (unpaired) electrons. The van der Waals surface area contributed by atoms with E-state index in [1.165, 1.54) is 19.3 Å². The topological polar surface area (TPSA) is 0 Å². The van der Waals surface area contributed by atoms with Crippen LogP contribution < -0.4 is 0 Å². The Labute approximate surface area is 107 Å². The monoisotopic (exact) mass is 232 g/mol. The Morgan fingerprint density at radius 3 is 1.38 bits per heavy atom. The first-order chi connectivity index (χ1) is 5.65. The fourth-order valence-corrected chi connectivity index (χ4v) is 0.427. The van der Waals surface area contributed by atoms with Gasteiger partial charge in [-0.2, -0.15) is 13.3 Å². The number of rotatable bonds is 3. The van der Waals surface area contributed by atoms with Gasteiger partial charge in [0, 0.05) is 34.6 Å². The summed E-state index contributed by atoms with van der Waals surface area (Å²) in [5.41, 5.74) is 0. The molecule has 0 N–H and O–H groups in total. The molecule has 13 heavy (non-hydrogen) atoms. The Bertz CT molecular complexity index is 40.6. The van der Waals surface area contributed by atoms with Crippen LogP contribution in [0.5, 0.6) is 0 Å². The summed E-state index contributed by atoms with van der Waals surface area (Å²) in [5.74, 6) is 0. The van der Waals surface area contributed by atoms with Crippen molar-refractivity contribution in [1.82, 2.24) is 0 Å². The number of hydrogen-bond donors (Lipinski definition) is 0. The molecule has 0 aromatic heterocycles. The van der Waals surface area contributed by atoms with Crippen molar-refractivity contribution in [2.24, 2.45) is 0 Å². The standard InChI is InChI=1S/C6H13.C3H9Si.C2H5.Sc/c1-3-5-6-4-2;1-4(2)3;1-2;/h1,3-6H2,2H3;1-3H3;1H2,2H3;/q-1;;-1;. The van der Waals surface area contributed by atoms with Gasteiger partial charge in [0.2, 0.25) is 0 Å². The van der Waals surface area contributed by atoms with Gasteiger partial charge in [-0.3, -0.25) is 0 Å². The number of unbranched alkanes of at least 4 members (excludes halogenated alkanes) is 3. The smallest absolute Gasteiger partial charge is 0.0379 e. The van der Waals surface area contributed by atoms with Crippen LogP contribution in [0.2, 0.25) is 19.6 Å². The molecular formula is C11H27ScSi-2. The van der Waals surface area contributed by atoms with Crippen LogP contribution >= 0.6 is 0 Å². The van der Waals surface area contributed by atoms with E-state index in [2.05, 4.69) is 40.4 Å². The van der Waals surface area contributed by atoms with Crippen molar-refractivity contribution in [1.29, 1.82) is 0 Å². The van der Waals surface area contributed by atoms with E-state index < -0.39 is 0 Å². The second-order valence-electron chi connectivity index (χ2n) is 3.06. The van der Waals surface area contributed by atoms with Gasteiger partial charge in [-0.25, -0.2) is 0 Å². The molecule has 0 rings (SSSR count). The van der Waals surface area contributed by atoms with Crippen molar-refractivity contribution in [3.05, 3.63) is 13.8 Å². The van der Waals surface area contributed by atoms with E-state index in [-0.39, 0.29) is 34.6 Å². The summed E-state index contributed by atoms with van der Waals surface area (Å²) in [5, 5.41) is 0. The molecule has 0 fully saturated rings. The van der Waals surface area contributed by atoms with E-state index in [4.69, 9.17) is 0 Å². The molecule has 0 bridgehead atoms. The molecule has 80 valence electrons. The van der Waals surface area contributed by atoms with Gasteiger partial charge in [0.25, 0.3) is 0 Å². The van der Waals surface area contributed by atoms with E-state index in [9.17, 15) is 0 Å². The van der Waals surface area contributed by atoms with Crippen LogP contribution in [0, 0.1) is 13.8 Å². The first-order valence-corrected chi connectivity index (χ1v) is 7.91. The quantitative estimate of drug-likeness (QED) is 0.379. The Morgan fingerprint density at radius 1 is 1.00 bits per heavy atom. The minimum atomic E-state index is 0. The third-order valence-corrected chi connectivity index (χ3v) is 0.854. The first-order valence-electron chi connectivity index (χ1n) is 4.91. The van der Waals surface area contributed by atoms with E-state index >= 15 is 0 Å². The zero-order valence-corrected chi connectivity index (χ0v) is 13.1. The SMILES string of the molecule is C[Si](C)C.[CH2-]C.[CH2-]CCCCC.[Sc]. The van der Waals surface area contributed by atoms with Crippen molar-refractivity contribution in [3.63, 3.8) is 0 Å². The maximum Gasteiger partial charge on any atom is 0.0379 e. The molecule has 2 heteroatoms. The Hall–Kier alpha value is 1.09. The summed E-state index contributed by atoms with van der Waals surface area (Å²) in [6.07, 6.45) is 5.07. The van der Waals surface area contributed by atoms with E-state index in [1.54, 1.807) is 6.92 Å². The van der Waals surface area contributed by atoms with Crippen molar-refractivity contribution in [2.45, 2.75) is 59.2 Å². The van der Waals surface area contributed by atoms with E-state index in [0.717, 1.165) is 6.42 Å². The average molecular weight is 232 g/mol. The van der Waals surface area contributed by atoms with Gasteiger partial charge in [0.05, 0.1) is 0 Å². The van der Waals surface area contributed by atoms with Crippen molar-refractivity contribution in [2.75, 3.05) is 0 Å². The maximum atomic E-state index is 3.72. The third kappa shape index (κ3) is 96.3. The predicted octanol–water partition coefficient (Wildman–Crippen LogP) is 4.61. The van der Waals surface area contributed by atoms with Gasteiger partial charge in [-0.15, -0.1) is 0 Å². The summed E-state index contributed by atoms with van der Waals surface area (Å²) >= 11 is 0. The Morgan fingerprint density at radius 2 is 1.31 bits per heavy atom. The molecule has 0 aliphatic heterocycles. The molecule has 0 saturated heterocycles.